The standard InChI is InChI=1S/C16H17FN8O/c17-12-8-18-5-4-13(12)21-16(26)20-11-7-19-24(9-11)10-15-23-22-14-3-1-2-6-25(14)15/h4-5,7-9H,1-3,6,10H2,(H2,18,20,21,26). The Kier molecular flexibility index (Phi) is 4.30. The lowest BCUT2D eigenvalue weighted by Gasteiger charge is -2.14. The van der Waals surface area contributed by atoms with Gasteiger partial charge in [-0.05, 0) is 18.9 Å². The third kappa shape index (κ3) is 3.39. The molecular formula is C16H17FN8O. The molecule has 4 heterocycles. The highest BCUT2D eigenvalue weighted by molar-refractivity contribution is 5.99. The second-order valence-electron chi connectivity index (χ2n) is 6.00. The van der Waals surface area contributed by atoms with Gasteiger partial charge in [-0.1, -0.05) is 0 Å². The summed E-state index contributed by atoms with van der Waals surface area (Å²) >= 11 is 0. The highest BCUT2D eigenvalue weighted by atomic mass is 19.1. The number of pyridine rings is 1. The van der Waals surface area contributed by atoms with Crippen molar-refractivity contribution < 1.29 is 9.18 Å². The zero-order valence-corrected chi connectivity index (χ0v) is 13.9. The first-order valence-electron chi connectivity index (χ1n) is 8.30. The topological polar surface area (TPSA) is 103 Å². The van der Waals surface area contributed by atoms with Crippen LogP contribution in [0.25, 0.3) is 0 Å². The fourth-order valence-electron chi connectivity index (χ4n) is 2.91. The number of aromatic nitrogens is 6. The molecule has 134 valence electrons. The van der Waals surface area contributed by atoms with Crippen LogP contribution in [0, 0.1) is 5.82 Å². The van der Waals surface area contributed by atoms with Crippen molar-refractivity contribution in [2.45, 2.75) is 32.4 Å². The van der Waals surface area contributed by atoms with Crippen LogP contribution in [0.3, 0.4) is 0 Å². The van der Waals surface area contributed by atoms with E-state index in [1.807, 2.05) is 0 Å². The van der Waals surface area contributed by atoms with E-state index in [-0.39, 0.29) is 5.69 Å². The summed E-state index contributed by atoms with van der Waals surface area (Å²) in [4.78, 5) is 15.6. The van der Waals surface area contributed by atoms with E-state index in [2.05, 4.69) is 35.5 Å². The third-order valence-corrected chi connectivity index (χ3v) is 4.15. The van der Waals surface area contributed by atoms with Crippen molar-refractivity contribution in [3.63, 3.8) is 0 Å². The molecule has 0 fully saturated rings. The number of aryl methyl sites for hydroxylation is 1. The number of carbonyl (C=O) groups is 1. The summed E-state index contributed by atoms with van der Waals surface area (Å²) in [5.41, 5.74) is 0.551. The molecule has 0 aliphatic carbocycles. The van der Waals surface area contributed by atoms with Crippen molar-refractivity contribution in [2.75, 3.05) is 10.6 Å². The van der Waals surface area contributed by atoms with Gasteiger partial charge in [-0.2, -0.15) is 5.10 Å². The normalized spacial score (nSPS) is 13.3. The smallest absolute Gasteiger partial charge is 0.313 e. The first-order chi connectivity index (χ1) is 12.7. The highest BCUT2D eigenvalue weighted by Gasteiger charge is 2.16. The summed E-state index contributed by atoms with van der Waals surface area (Å²) in [6.45, 7) is 1.39. The molecule has 0 radical (unpaired) electrons. The summed E-state index contributed by atoms with van der Waals surface area (Å²) < 4.78 is 17.3. The summed E-state index contributed by atoms with van der Waals surface area (Å²) in [6, 6.07) is 0.821. The van der Waals surface area contributed by atoms with Crippen molar-refractivity contribution >= 4 is 17.4 Å². The molecule has 26 heavy (non-hydrogen) atoms. The molecule has 0 atom stereocenters. The number of amides is 2. The average Bonchev–Trinajstić information content (AvgIpc) is 3.25. The van der Waals surface area contributed by atoms with Crippen LogP contribution in [0.2, 0.25) is 0 Å². The van der Waals surface area contributed by atoms with E-state index in [4.69, 9.17) is 0 Å². The van der Waals surface area contributed by atoms with Gasteiger partial charge in [-0.15, -0.1) is 10.2 Å². The average molecular weight is 356 g/mol. The van der Waals surface area contributed by atoms with Crippen LogP contribution >= 0.6 is 0 Å². The Labute approximate surface area is 148 Å². The van der Waals surface area contributed by atoms with E-state index in [0.29, 0.717) is 12.2 Å². The third-order valence-electron chi connectivity index (χ3n) is 4.15. The predicted octanol–water partition coefficient (Wildman–Crippen LogP) is 2.04. The van der Waals surface area contributed by atoms with E-state index >= 15 is 0 Å². The molecule has 1 aliphatic heterocycles. The van der Waals surface area contributed by atoms with Crippen LogP contribution in [0.4, 0.5) is 20.6 Å². The summed E-state index contributed by atoms with van der Waals surface area (Å²) in [6.07, 6.45) is 8.85. The summed E-state index contributed by atoms with van der Waals surface area (Å²) in [5, 5.41) is 17.7. The van der Waals surface area contributed by atoms with Crippen molar-refractivity contribution in [1.29, 1.82) is 0 Å². The maximum Gasteiger partial charge on any atom is 0.323 e. The number of halogens is 1. The molecule has 3 aromatic rings. The quantitative estimate of drug-likeness (QED) is 0.745. The minimum Gasteiger partial charge on any atom is -0.313 e. The van der Waals surface area contributed by atoms with Crippen LogP contribution in [0.1, 0.15) is 24.5 Å². The molecular weight excluding hydrogens is 339 g/mol. The van der Waals surface area contributed by atoms with Gasteiger partial charge in [0.25, 0.3) is 0 Å². The first kappa shape index (κ1) is 16.2. The minimum absolute atomic E-state index is 0.0555. The summed E-state index contributed by atoms with van der Waals surface area (Å²) in [5.74, 6) is 1.25. The first-order valence-corrected chi connectivity index (χ1v) is 8.30. The molecule has 0 saturated heterocycles. The second-order valence-corrected chi connectivity index (χ2v) is 6.00. The molecule has 0 saturated carbocycles. The number of urea groups is 1. The Morgan fingerprint density at radius 3 is 3.04 bits per heavy atom. The summed E-state index contributed by atoms with van der Waals surface area (Å²) in [7, 11) is 0. The van der Waals surface area contributed by atoms with E-state index < -0.39 is 11.8 Å². The number of nitrogens with one attached hydrogen (secondary N) is 2. The van der Waals surface area contributed by atoms with Gasteiger partial charge in [0.1, 0.15) is 12.4 Å². The van der Waals surface area contributed by atoms with Gasteiger partial charge in [0.05, 0.1) is 23.8 Å². The number of rotatable bonds is 4. The molecule has 1 aliphatic rings. The van der Waals surface area contributed by atoms with Gasteiger partial charge in [0, 0.05) is 25.4 Å². The molecule has 0 bridgehead atoms. The minimum atomic E-state index is -0.602. The maximum absolute atomic E-state index is 13.5. The number of fused-ring (bicyclic) bond motifs is 1. The maximum atomic E-state index is 13.5. The molecule has 0 unspecified atom stereocenters. The lowest BCUT2D eigenvalue weighted by Crippen LogP contribution is -2.20. The lowest BCUT2D eigenvalue weighted by molar-refractivity contribution is 0.262. The van der Waals surface area contributed by atoms with E-state index in [1.165, 1.54) is 18.5 Å². The van der Waals surface area contributed by atoms with Crippen LogP contribution in [-0.2, 0) is 19.5 Å². The number of hydrogen-bond acceptors (Lipinski definition) is 5. The molecule has 3 aromatic heterocycles. The lowest BCUT2D eigenvalue weighted by atomic mass is 10.2. The number of anilines is 2. The fraction of sp³-hybridized carbons (Fsp3) is 0.312. The Bertz CT molecular complexity index is 934. The molecule has 4 rings (SSSR count). The number of hydrogen-bond donors (Lipinski definition) is 2. The van der Waals surface area contributed by atoms with Gasteiger partial charge in [-0.25, -0.2) is 9.18 Å². The van der Waals surface area contributed by atoms with Crippen LogP contribution in [-0.4, -0.2) is 35.6 Å². The van der Waals surface area contributed by atoms with Crippen molar-refractivity contribution in [3.8, 4) is 0 Å². The van der Waals surface area contributed by atoms with Crippen LogP contribution < -0.4 is 10.6 Å². The van der Waals surface area contributed by atoms with Gasteiger partial charge >= 0.3 is 6.03 Å². The van der Waals surface area contributed by atoms with Gasteiger partial charge in [-0.3, -0.25) is 9.67 Å². The SMILES string of the molecule is O=C(Nc1cnn(Cc2nnc3n2CCCC3)c1)Nc1ccncc1F. The molecule has 2 amide bonds. The van der Waals surface area contributed by atoms with Gasteiger partial charge in [0.2, 0.25) is 0 Å². The van der Waals surface area contributed by atoms with Crippen molar-refractivity contribution in [1.82, 2.24) is 29.5 Å². The van der Waals surface area contributed by atoms with Crippen molar-refractivity contribution in [2.24, 2.45) is 0 Å². The predicted molar refractivity (Wildman–Crippen MR) is 91.1 cm³/mol. The molecule has 0 spiro atoms. The Hall–Kier alpha value is -3.30. The Morgan fingerprint density at radius 1 is 1.23 bits per heavy atom. The van der Waals surface area contributed by atoms with E-state index in [0.717, 1.165) is 43.7 Å². The highest BCUT2D eigenvalue weighted by Crippen LogP contribution is 2.16. The Balaban J connectivity index is 1.39. The van der Waals surface area contributed by atoms with E-state index in [9.17, 15) is 9.18 Å². The second kappa shape index (κ2) is 6.90. The fourth-order valence-corrected chi connectivity index (χ4v) is 2.91. The largest absolute Gasteiger partial charge is 0.323 e. The Morgan fingerprint density at radius 2 is 2.15 bits per heavy atom. The van der Waals surface area contributed by atoms with Crippen LogP contribution in [0.15, 0.2) is 30.9 Å². The number of carbonyl (C=O) groups excluding carboxylic acids is 1. The van der Waals surface area contributed by atoms with Gasteiger partial charge in [0.15, 0.2) is 11.6 Å². The van der Waals surface area contributed by atoms with Crippen LogP contribution in [0.5, 0.6) is 0 Å². The zero-order valence-electron chi connectivity index (χ0n) is 13.9. The number of nitrogens with zero attached hydrogens (tertiary/aromatic N) is 6. The molecule has 2 N–H and O–H groups in total. The monoisotopic (exact) mass is 356 g/mol. The van der Waals surface area contributed by atoms with Gasteiger partial charge < -0.3 is 15.2 Å². The molecule has 0 aromatic carbocycles. The zero-order chi connectivity index (χ0) is 17.9. The van der Waals surface area contributed by atoms with Crippen molar-refractivity contribution in [3.05, 3.63) is 48.3 Å². The molecule has 10 heteroatoms. The van der Waals surface area contributed by atoms with E-state index in [1.54, 1.807) is 10.9 Å². The molecule has 9 nitrogen and oxygen atoms in total.